The lowest BCUT2D eigenvalue weighted by Crippen LogP contribution is -2.26. The Hall–Kier alpha value is -0.390. The number of halogens is 1. The zero-order valence-electron chi connectivity index (χ0n) is 10.4. The third-order valence-electron chi connectivity index (χ3n) is 2.61. The molecule has 0 aliphatic rings. The summed E-state index contributed by atoms with van der Waals surface area (Å²) in [4.78, 5) is 14.8. The minimum Gasteiger partial charge on any atom is -0.382 e. The molecule has 0 aromatic carbocycles. The molecular formula is C12H18BrNO2S. The van der Waals surface area contributed by atoms with Crippen LogP contribution in [0.4, 0.5) is 0 Å². The summed E-state index contributed by atoms with van der Waals surface area (Å²) in [5, 5.41) is 2.03. The fourth-order valence-corrected chi connectivity index (χ4v) is 2.90. The van der Waals surface area contributed by atoms with Crippen LogP contribution in [-0.2, 0) is 16.1 Å². The first-order valence-corrected chi connectivity index (χ1v) is 7.20. The van der Waals surface area contributed by atoms with Crippen molar-refractivity contribution in [1.82, 2.24) is 4.90 Å². The molecule has 1 atom stereocenters. The van der Waals surface area contributed by atoms with E-state index in [9.17, 15) is 4.79 Å². The summed E-state index contributed by atoms with van der Waals surface area (Å²) >= 11 is 5.07. The number of amides is 1. The van der Waals surface area contributed by atoms with Gasteiger partial charge in [0.2, 0.25) is 5.91 Å². The first-order valence-electron chi connectivity index (χ1n) is 5.52. The van der Waals surface area contributed by atoms with E-state index in [2.05, 4.69) is 15.9 Å². The predicted molar refractivity (Wildman–Crippen MR) is 74.2 cm³/mol. The van der Waals surface area contributed by atoms with Gasteiger partial charge in [-0.2, -0.15) is 0 Å². The van der Waals surface area contributed by atoms with Gasteiger partial charge in [-0.15, -0.1) is 11.3 Å². The molecule has 0 aliphatic heterocycles. The molecule has 0 radical (unpaired) electrons. The monoisotopic (exact) mass is 319 g/mol. The van der Waals surface area contributed by atoms with Gasteiger partial charge in [0.15, 0.2) is 0 Å². The Kier molecular flexibility index (Phi) is 6.16. The Morgan fingerprint density at radius 2 is 2.35 bits per heavy atom. The van der Waals surface area contributed by atoms with Crippen molar-refractivity contribution in [2.45, 2.75) is 32.4 Å². The molecule has 3 nitrogen and oxygen atoms in total. The Labute approximate surface area is 115 Å². The molecule has 0 bridgehead atoms. The summed E-state index contributed by atoms with van der Waals surface area (Å²) in [6, 6.07) is 2.05. The van der Waals surface area contributed by atoms with Crippen LogP contribution < -0.4 is 0 Å². The van der Waals surface area contributed by atoms with Crippen LogP contribution in [0.2, 0.25) is 0 Å². The molecule has 0 saturated carbocycles. The van der Waals surface area contributed by atoms with Crippen molar-refractivity contribution in [1.29, 1.82) is 0 Å². The molecule has 17 heavy (non-hydrogen) atoms. The maximum absolute atomic E-state index is 11.8. The van der Waals surface area contributed by atoms with Gasteiger partial charge < -0.3 is 9.64 Å². The van der Waals surface area contributed by atoms with Gasteiger partial charge in [-0.05, 0) is 35.3 Å². The maximum Gasteiger partial charge on any atom is 0.222 e. The van der Waals surface area contributed by atoms with Gasteiger partial charge in [-0.25, -0.2) is 0 Å². The minimum atomic E-state index is 0.142. The van der Waals surface area contributed by atoms with Gasteiger partial charge in [-0.3, -0.25) is 4.79 Å². The second-order valence-electron chi connectivity index (χ2n) is 4.07. The average molecular weight is 320 g/mol. The van der Waals surface area contributed by atoms with E-state index < -0.39 is 0 Å². The minimum absolute atomic E-state index is 0.142. The van der Waals surface area contributed by atoms with E-state index in [0.29, 0.717) is 13.0 Å². The number of hydrogen-bond acceptors (Lipinski definition) is 3. The number of carbonyl (C=O) groups is 1. The normalized spacial score (nSPS) is 12.5. The van der Waals surface area contributed by atoms with E-state index in [4.69, 9.17) is 4.74 Å². The molecule has 1 rings (SSSR count). The molecule has 0 N–H and O–H groups in total. The SMILES string of the molecule is COC(C)CCC(=O)N(C)Cc1cc(Br)cs1. The van der Waals surface area contributed by atoms with Crippen LogP contribution in [0, 0.1) is 0 Å². The standard InChI is InChI=1S/C12H18BrNO2S/c1-9(16-3)4-5-12(15)14(2)7-11-6-10(13)8-17-11/h6,8-9H,4-5,7H2,1-3H3. The summed E-state index contributed by atoms with van der Waals surface area (Å²) in [5.41, 5.74) is 0. The van der Waals surface area contributed by atoms with Gasteiger partial charge in [-0.1, -0.05) is 0 Å². The molecule has 1 aromatic rings. The Morgan fingerprint density at radius 3 is 2.88 bits per heavy atom. The van der Waals surface area contributed by atoms with E-state index in [1.165, 1.54) is 4.88 Å². The zero-order chi connectivity index (χ0) is 12.8. The molecule has 5 heteroatoms. The molecule has 1 amide bonds. The fourth-order valence-electron chi connectivity index (χ4n) is 1.39. The van der Waals surface area contributed by atoms with E-state index in [1.54, 1.807) is 23.3 Å². The van der Waals surface area contributed by atoms with Crippen molar-refractivity contribution in [3.8, 4) is 0 Å². The number of methoxy groups -OCH3 is 1. The third-order valence-corrected chi connectivity index (χ3v) is 4.29. The summed E-state index contributed by atoms with van der Waals surface area (Å²) in [7, 11) is 3.51. The van der Waals surface area contributed by atoms with Gasteiger partial charge >= 0.3 is 0 Å². The summed E-state index contributed by atoms with van der Waals surface area (Å²) in [6.45, 7) is 2.65. The van der Waals surface area contributed by atoms with E-state index >= 15 is 0 Å². The van der Waals surface area contributed by atoms with Crippen LogP contribution >= 0.6 is 27.3 Å². The smallest absolute Gasteiger partial charge is 0.222 e. The highest BCUT2D eigenvalue weighted by molar-refractivity contribution is 9.10. The van der Waals surface area contributed by atoms with E-state index in [1.807, 2.05) is 25.4 Å². The molecule has 0 spiro atoms. The van der Waals surface area contributed by atoms with E-state index in [-0.39, 0.29) is 12.0 Å². The predicted octanol–water partition coefficient (Wildman–Crippen LogP) is 3.28. The summed E-state index contributed by atoms with van der Waals surface area (Å²) in [6.07, 6.45) is 1.45. The molecular weight excluding hydrogens is 302 g/mol. The lowest BCUT2D eigenvalue weighted by Gasteiger charge is -2.17. The van der Waals surface area contributed by atoms with Crippen LogP contribution in [0.15, 0.2) is 15.9 Å². The Balaban J connectivity index is 2.36. The van der Waals surface area contributed by atoms with Crippen LogP contribution in [0.25, 0.3) is 0 Å². The first-order chi connectivity index (χ1) is 8.02. The lowest BCUT2D eigenvalue weighted by atomic mass is 10.2. The second kappa shape index (κ2) is 7.13. The van der Waals surface area contributed by atoms with Gasteiger partial charge in [0.25, 0.3) is 0 Å². The van der Waals surface area contributed by atoms with Gasteiger partial charge in [0.1, 0.15) is 0 Å². The van der Waals surface area contributed by atoms with Gasteiger partial charge in [0, 0.05) is 35.3 Å². The van der Waals surface area contributed by atoms with Crippen molar-refractivity contribution in [3.05, 3.63) is 20.8 Å². The van der Waals surface area contributed by atoms with Crippen molar-refractivity contribution in [2.75, 3.05) is 14.2 Å². The quantitative estimate of drug-likeness (QED) is 0.805. The van der Waals surface area contributed by atoms with Crippen LogP contribution in [0.1, 0.15) is 24.6 Å². The van der Waals surface area contributed by atoms with Crippen LogP contribution in [0.5, 0.6) is 0 Å². The highest BCUT2D eigenvalue weighted by atomic mass is 79.9. The second-order valence-corrected chi connectivity index (χ2v) is 5.98. The third kappa shape index (κ3) is 5.19. The largest absolute Gasteiger partial charge is 0.382 e. The first kappa shape index (κ1) is 14.7. The molecule has 0 fully saturated rings. The van der Waals surface area contributed by atoms with Crippen molar-refractivity contribution in [2.24, 2.45) is 0 Å². The van der Waals surface area contributed by atoms with E-state index in [0.717, 1.165) is 10.9 Å². The van der Waals surface area contributed by atoms with Crippen LogP contribution in [-0.4, -0.2) is 31.1 Å². The number of rotatable bonds is 6. The molecule has 1 heterocycles. The van der Waals surface area contributed by atoms with Crippen LogP contribution in [0.3, 0.4) is 0 Å². The van der Waals surface area contributed by atoms with Gasteiger partial charge in [0.05, 0.1) is 12.6 Å². The number of ether oxygens (including phenoxy) is 1. The number of thiophene rings is 1. The molecule has 1 aromatic heterocycles. The highest BCUT2D eigenvalue weighted by Crippen LogP contribution is 2.21. The Bertz CT molecular complexity index is 367. The molecule has 0 saturated heterocycles. The number of nitrogens with zero attached hydrogens (tertiary/aromatic N) is 1. The number of carbonyl (C=O) groups excluding carboxylic acids is 1. The average Bonchev–Trinajstić information content (AvgIpc) is 2.70. The summed E-state index contributed by atoms with van der Waals surface area (Å²) in [5.74, 6) is 0.165. The fraction of sp³-hybridized carbons (Fsp3) is 0.583. The Morgan fingerprint density at radius 1 is 1.65 bits per heavy atom. The topological polar surface area (TPSA) is 29.5 Å². The van der Waals surface area contributed by atoms with Crippen molar-refractivity contribution >= 4 is 33.2 Å². The molecule has 0 aliphatic carbocycles. The number of hydrogen-bond donors (Lipinski definition) is 0. The molecule has 1 unspecified atom stereocenters. The lowest BCUT2D eigenvalue weighted by molar-refractivity contribution is -0.131. The maximum atomic E-state index is 11.8. The highest BCUT2D eigenvalue weighted by Gasteiger charge is 2.11. The molecule has 96 valence electrons. The van der Waals surface area contributed by atoms with Crippen molar-refractivity contribution < 1.29 is 9.53 Å². The zero-order valence-corrected chi connectivity index (χ0v) is 12.8. The summed E-state index contributed by atoms with van der Waals surface area (Å²) < 4.78 is 6.20. The van der Waals surface area contributed by atoms with Crippen molar-refractivity contribution in [3.63, 3.8) is 0 Å².